The van der Waals surface area contributed by atoms with Gasteiger partial charge in [0.25, 0.3) is 0 Å². The maximum absolute atomic E-state index is 10.4. The lowest BCUT2D eigenvalue weighted by Gasteiger charge is -1.89. The number of rotatable bonds is 2. The van der Waals surface area contributed by atoms with Gasteiger partial charge in [-0.2, -0.15) is 0 Å². The molecule has 2 N–H and O–H groups in total. The monoisotopic (exact) mass is 139 g/mol. The standard InChI is InChI=1S/C7H9NO2/c1-2-3-5(7(9)10)6-4-8-6/h2,6,8H,4H2,1H3,(H,9,10). The highest BCUT2D eigenvalue weighted by Crippen LogP contribution is 2.09. The molecule has 10 heavy (non-hydrogen) atoms. The van der Waals surface area contributed by atoms with Crippen LogP contribution in [-0.2, 0) is 4.79 Å². The van der Waals surface area contributed by atoms with E-state index in [-0.39, 0.29) is 6.04 Å². The number of hydrogen-bond donors (Lipinski definition) is 2. The van der Waals surface area contributed by atoms with Crippen molar-refractivity contribution in [1.82, 2.24) is 5.32 Å². The molecule has 1 fully saturated rings. The van der Waals surface area contributed by atoms with Gasteiger partial charge in [0.1, 0.15) is 0 Å². The summed E-state index contributed by atoms with van der Waals surface area (Å²) in [6.45, 7) is 2.52. The molecule has 1 unspecified atom stereocenters. The summed E-state index contributed by atoms with van der Waals surface area (Å²) in [7, 11) is 0. The Morgan fingerprint density at radius 2 is 2.50 bits per heavy atom. The molecule has 0 aliphatic carbocycles. The Balaban J connectivity index is 2.78. The number of carboxylic acid groups (broad SMARTS) is 1. The summed E-state index contributed by atoms with van der Waals surface area (Å²) >= 11 is 0. The molecule has 3 nitrogen and oxygen atoms in total. The summed E-state index contributed by atoms with van der Waals surface area (Å²) in [5.74, 6) is -0.881. The van der Waals surface area contributed by atoms with Crippen molar-refractivity contribution in [1.29, 1.82) is 0 Å². The van der Waals surface area contributed by atoms with Crippen LogP contribution in [0.2, 0.25) is 0 Å². The van der Waals surface area contributed by atoms with Gasteiger partial charge in [-0.25, -0.2) is 4.79 Å². The SMILES string of the molecule is CC=C=C(C(=O)O)C1CN1. The second-order valence-electron chi connectivity index (χ2n) is 2.11. The molecule has 0 bridgehead atoms. The summed E-state index contributed by atoms with van der Waals surface area (Å²) < 4.78 is 0. The zero-order valence-corrected chi connectivity index (χ0v) is 5.72. The summed E-state index contributed by atoms with van der Waals surface area (Å²) in [4.78, 5) is 10.4. The van der Waals surface area contributed by atoms with Crippen LogP contribution in [0.15, 0.2) is 17.4 Å². The summed E-state index contributed by atoms with van der Waals surface area (Å²) in [6, 6.07) is 0.0358. The van der Waals surface area contributed by atoms with Crippen LogP contribution in [0, 0.1) is 0 Å². The van der Waals surface area contributed by atoms with Crippen LogP contribution in [0.25, 0.3) is 0 Å². The van der Waals surface area contributed by atoms with E-state index in [1.165, 1.54) is 0 Å². The van der Waals surface area contributed by atoms with E-state index in [9.17, 15) is 4.79 Å². The molecule has 0 aromatic heterocycles. The zero-order chi connectivity index (χ0) is 7.56. The average molecular weight is 139 g/mol. The topological polar surface area (TPSA) is 59.2 Å². The number of aliphatic carboxylic acids is 1. The fourth-order valence-electron chi connectivity index (χ4n) is 0.730. The maximum atomic E-state index is 10.4. The Morgan fingerprint density at radius 3 is 2.80 bits per heavy atom. The third kappa shape index (κ3) is 1.47. The minimum absolute atomic E-state index is 0.0358. The Morgan fingerprint density at radius 1 is 1.90 bits per heavy atom. The Labute approximate surface area is 59.0 Å². The van der Waals surface area contributed by atoms with Gasteiger partial charge in [-0.05, 0) is 13.0 Å². The first-order valence-corrected chi connectivity index (χ1v) is 3.13. The van der Waals surface area contributed by atoms with Crippen molar-refractivity contribution in [2.24, 2.45) is 0 Å². The molecule has 1 aliphatic heterocycles. The lowest BCUT2D eigenvalue weighted by atomic mass is 10.2. The lowest BCUT2D eigenvalue weighted by Crippen LogP contribution is -2.07. The van der Waals surface area contributed by atoms with E-state index in [1.807, 2.05) is 0 Å². The van der Waals surface area contributed by atoms with Crippen LogP contribution < -0.4 is 5.32 Å². The predicted molar refractivity (Wildman–Crippen MR) is 36.7 cm³/mol. The van der Waals surface area contributed by atoms with Crippen molar-refractivity contribution in [3.05, 3.63) is 17.4 Å². The van der Waals surface area contributed by atoms with Crippen LogP contribution in [0.1, 0.15) is 6.92 Å². The quantitative estimate of drug-likeness (QED) is 0.325. The van der Waals surface area contributed by atoms with Crippen LogP contribution >= 0.6 is 0 Å². The summed E-state index contributed by atoms with van der Waals surface area (Å²) in [5, 5.41) is 11.5. The molecular formula is C7H9NO2. The number of carboxylic acids is 1. The Kier molecular flexibility index (Phi) is 1.90. The summed E-state index contributed by atoms with van der Waals surface area (Å²) in [6.07, 6.45) is 1.61. The van der Waals surface area contributed by atoms with E-state index in [0.717, 1.165) is 6.54 Å². The fourth-order valence-corrected chi connectivity index (χ4v) is 0.730. The minimum Gasteiger partial charge on any atom is -0.477 e. The normalized spacial score (nSPS) is 21.1. The zero-order valence-electron chi connectivity index (χ0n) is 5.72. The number of nitrogens with one attached hydrogen (secondary N) is 1. The number of hydrogen-bond acceptors (Lipinski definition) is 2. The van der Waals surface area contributed by atoms with Gasteiger partial charge >= 0.3 is 5.97 Å². The van der Waals surface area contributed by atoms with E-state index in [1.54, 1.807) is 13.0 Å². The van der Waals surface area contributed by atoms with E-state index in [2.05, 4.69) is 11.0 Å². The first-order valence-electron chi connectivity index (χ1n) is 3.13. The van der Waals surface area contributed by atoms with Gasteiger partial charge < -0.3 is 10.4 Å². The van der Waals surface area contributed by atoms with Gasteiger partial charge in [0.05, 0.1) is 11.6 Å². The van der Waals surface area contributed by atoms with Crippen molar-refractivity contribution in [2.75, 3.05) is 6.54 Å². The predicted octanol–water partition coefficient (Wildman–Crippen LogP) is 0.144. The first-order chi connectivity index (χ1) is 4.75. The molecule has 0 saturated carbocycles. The molecule has 1 heterocycles. The molecular weight excluding hydrogens is 130 g/mol. The fraction of sp³-hybridized carbons (Fsp3) is 0.429. The molecule has 3 heteroatoms. The molecule has 0 aromatic carbocycles. The second-order valence-corrected chi connectivity index (χ2v) is 2.11. The van der Waals surface area contributed by atoms with Gasteiger partial charge in [-0.15, -0.1) is 5.73 Å². The van der Waals surface area contributed by atoms with E-state index < -0.39 is 5.97 Å². The van der Waals surface area contributed by atoms with Crippen LogP contribution in [0.4, 0.5) is 0 Å². The second kappa shape index (κ2) is 2.69. The van der Waals surface area contributed by atoms with E-state index in [4.69, 9.17) is 5.11 Å². The Hall–Kier alpha value is -1.05. The van der Waals surface area contributed by atoms with Crippen LogP contribution in [0.3, 0.4) is 0 Å². The van der Waals surface area contributed by atoms with E-state index >= 15 is 0 Å². The first kappa shape index (κ1) is 7.06. The average Bonchev–Trinajstić information content (AvgIpc) is 2.63. The van der Waals surface area contributed by atoms with Gasteiger partial charge in [-0.1, -0.05) is 0 Å². The third-order valence-electron chi connectivity index (χ3n) is 1.29. The molecule has 0 radical (unpaired) electrons. The molecule has 0 amide bonds. The Bertz CT molecular complexity index is 210. The third-order valence-corrected chi connectivity index (χ3v) is 1.29. The molecule has 0 aromatic rings. The van der Waals surface area contributed by atoms with Crippen molar-refractivity contribution in [2.45, 2.75) is 13.0 Å². The highest BCUT2D eigenvalue weighted by molar-refractivity contribution is 5.88. The molecule has 1 rings (SSSR count). The minimum atomic E-state index is -0.881. The highest BCUT2D eigenvalue weighted by Gasteiger charge is 2.29. The molecule has 1 aliphatic rings. The molecule has 0 spiro atoms. The van der Waals surface area contributed by atoms with Crippen molar-refractivity contribution < 1.29 is 9.90 Å². The van der Waals surface area contributed by atoms with Gasteiger partial charge in [-0.3, -0.25) is 0 Å². The van der Waals surface area contributed by atoms with Gasteiger partial charge in [0, 0.05) is 6.54 Å². The maximum Gasteiger partial charge on any atom is 0.341 e. The lowest BCUT2D eigenvalue weighted by molar-refractivity contribution is -0.132. The summed E-state index contributed by atoms with van der Waals surface area (Å²) in [5.41, 5.74) is 3.01. The van der Waals surface area contributed by atoms with Crippen LogP contribution in [-0.4, -0.2) is 23.7 Å². The van der Waals surface area contributed by atoms with Crippen LogP contribution in [0.5, 0.6) is 0 Å². The van der Waals surface area contributed by atoms with Crippen molar-refractivity contribution >= 4 is 5.97 Å². The van der Waals surface area contributed by atoms with Gasteiger partial charge in [0.2, 0.25) is 0 Å². The van der Waals surface area contributed by atoms with Crippen molar-refractivity contribution in [3.8, 4) is 0 Å². The molecule has 54 valence electrons. The van der Waals surface area contributed by atoms with E-state index in [0.29, 0.717) is 5.57 Å². The molecule has 1 saturated heterocycles. The smallest absolute Gasteiger partial charge is 0.341 e. The largest absolute Gasteiger partial charge is 0.477 e. The highest BCUT2D eigenvalue weighted by atomic mass is 16.4. The molecule has 1 atom stereocenters. The number of carbonyl (C=O) groups is 1. The van der Waals surface area contributed by atoms with Crippen molar-refractivity contribution in [3.63, 3.8) is 0 Å². The van der Waals surface area contributed by atoms with Gasteiger partial charge in [0.15, 0.2) is 0 Å².